The molecule has 0 radical (unpaired) electrons. The minimum absolute atomic E-state index is 0.0477. The topological polar surface area (TPSA) is 22.0 Å². The van der Waals surface area contributed by atoms with Crippen LogP contribution in [0, 0.1) is 0 Å². The first kappa shape index (κ1) is 24.6. The second-order valence-electron chi connectivity index (χ2n) is 12.6. The third kappa shape index (κ3) is 3.59. The number of ketones is 1. The number of hydrogen-bond donors (Lipinski definition) is 0. The van der Waals surface area contributed by atoms with Gasteiger partial charge in [-0.05, 0) is 75.7 Å². The van der Waals surface area contributed by atoms with Crippen molar-refractivity contribution in [3.63, 3.8) is 0 Å². The highest BCUT2D eigenvalue weighted by Gasteiger charge is 2.36. The molecule has 2 heteroatoms. The number of carbonyl (C=O) groups excluding carboxylic acids is 1. The van der Waals surface area contributed by atoms with Crippen molar-refractivity contribution >= 4 is 27.6 Å². The summed E-state index contributed by atoms with van der Waals surface area (Å²) in [5, 5.41) is 2.49. The first-order chi connectivity index (χ1) is 19.1. The number of benzene rings is 5. The highest BCUT2D eigenvalue weighted by Crippen LogP contribution is 2.50. The van der Waals surface area contributed by atoms with Gasteiger partial charge in [0.1, 0.15) is 0 Å². The summed E-state index contributed by atoms with van der Waals surface area (Å²) < 4.78 is 2.34. The van der Waals surface area contributed by atoms with E-state index in [-0.39, 0.29) is 16.6 Å². The molecule has 0 saturated heterocycles. The fourth-order valence-electron chi connectivity index (χ4n) is 6.49. The van der Waals surface area contributed by atoms with E-state index < -0.39 is 0 Å². The third-order valence-corrected chi connectivity index (χ3v) is 8.78. The van der Waals surface area contributed by atoms with E-state index in [0.717, 1.165) is 11.3 Å². The molecule has 6 aromatic rings. The molecule has 0 N–H and O–H groups in total. The van der Waals surface area contributed by atoms with Gasteiger partial charge in [0.2, 0.25) is 0 Å². The van der Waals surface area contributed by atoms with Crippen molar-refractivity contribution in [1.29, 1.82) is 0 Å². The number of rotatable bonds is 3. The molecule has 0 bridgehead atoms. The molecular weight excluding hydrogens is 486 g/mol. The lowest BCUT2D eigenvalue weighted by Gasteiger charge is -2.21. The summed E-state index contributed by atoms with van der Waals surface area (Å²) in [6.45, 7) is 11.2. The quantitative estimate of drug-likeness (QED) is 0.213. The van der Waals surface area contributed by atoms with Crippen LogP contribution in [-0.4, -0.2) is 10.4 Å². The number of aromatic nitrogens is 1. The lowest BCUT2D eigenvalue weighted by molar-refractivity contribution is 0.103. The fraction of sp³-hybridized carbons (Fsp3) is 0.184. The molecule has 196 valence electrons. The van der Waals surface area contributed by atoms with E-state index in [1.54, 1.807) is 0 Å². The summed E-state index contributed by atoms with van der Waals surface area (Å²) in [6, 6.07) is 38.3. The molecule has 0 aliphatic heterocycles. The lowest BCUT2D eigenvalue weighted by Crippen LogP contribution is -2.15. The van der Waals surface area contributed by atoms with Crippen LogP contribution in [0.2, 0.25) is 0 Å². The van der Waals surface area contributed by atoms with Gasteiger partial charge in [-0.3, -0.25) is 4.79 Å². The van der Waals surface area contributed by atoms with Crippen molar-refractivity contribution in [3.05, 3.63) is 137 Å². The van der Waals surface area contributed by atoms with Gasteiger partial charge < -0.3 is 4.57 Å². The monoisotopic (exact) mass is 519 g/mol. The van der Waals surface area contributed by atoms with Gasteiger partial charge in [-0.1, -0.05) is 101 Å². The Bertz CT molecular complexity index is 1940. The Balaban J connectivity index is 1.34. The predicted molar refractivity (Wildman–Crippen MR) is 167 cm³/mol. The molecule has 5 aromatic carbocycles. The maximum atomic E-state index is 13.3. The Labute approximate surface area is 235 Å². The van der Waals surface area contributed by atoms with Crippen molar-refractivity contribution < 1.29 is 4.79 Å². The standard InChI is InChI=1S/C38H33NO/c1-37(2,3)26-18-14-24(15-19-26)36(40)25-16-20-27(21-17-25)39-34-13-9-7-11-29(34)31-22-30-28-10-6-8-12-32(28)38(4,5)33(30)23-35(31)39/h6-23H,1-5H3. The normalized spacial score (nSPS) is 13.9. The number of para-hydroxylation sites is 1. The summed E-state index contributed by atoms with van der Waals surface area (Å²) in [6.07, 6.45) is 0. The molecule has 0 fully saturated rings. The van der Waals surface area contributed by atoms with E-state index >= 15 is 0 Å². The zero-order chi connectivity index (χ0) is 27.8. The second kappa shape index (κ2) is 8.53. The van der Waals surface area contributed by atoms with Crippen LogP contribution in [0.4, 0.5) is 0 Å². The first-order valence-electron chi connectivity index (χ1n) is 14.1. The average molecular weight is 520 g/mol. The number of hydrogen-bond acceptors (Lipinski definition) is 1. The van der Waals surface area contributed by atoms with Crippen LogP contribution in [-0.2, 0) is 10.8 Å². The SMILES string of the molecule is CC(C)(C)c1ccc(C(=O)c2ccc(-n3c4ccccc4c4cc5c(cc43)C(C)(C)c3ccccc3-5)cc2)cc1. The Morgan fingerprint density at radius 3 is 1.95 bits per heavy atom. The van der Waals surface area contributed by atoms with Gasteiger partial charge in [0.05, 0.1) is 11.0 Å². The molecule has 1 aliphatic carbocycles. The molecule has 2 nitrogen and oxygen atoms in total. The Hall–Kier alpha value is -4.43. The van der Waals surface area contributed by atoms with Crippen molar-refractivity contribution in [2.24, 2.45) is 0 Å². The molecule has 0 saturated carbocycles. The Morgan fingerprint density at radius 1 is 0.625 bits per heavy atom. The second-order valence-corrected chi connectivity index (χ2v) is 12.6. The molecule has 0 unspecified atom stereocenters. The molecule has 1 aliphatic rings. The van der Waals surface area contributed by atoms with E-state index in [4.69, 9.17) is 0 Å². The van der Waals surface area contributed by atoms with Gasteiger partial charge in [-0.2, -0.15) is 0 Å². The number of carbonyl (C=O) groups is 1. The molecule has 0 amide bonds. The molecule has 1 heterocycles. The molecule has 40 heavy (non-hydrogen) atoms. The molecule has 0 atom stereocenters. The lowest BCUT2D eigenvalue weighted by atomic mass is 9.82. The van der Waals surface area contributed by atoms with E-state index in [9.17, 15) is 4.79 Å². The largest absolute Gasteiger partial charge is 0.309 e. The smallest absolute Gasteiger partial charge is 0.193 e. The van der Waals surface area contributed by atoms with Crippen LogP contribution in [0.25, 0.3) is 38.6 Å². The molecular formula is C38H33NO. The molecule has 0 spiro atoms. The Morgan fingerprint density at radius 2 is 1.25 bits per heavy atom. The van der Waals surface area contributed by atoms with Crippen LogP contribution in [0.15, 0.2) is 109 Å². The maximum Gasteiger partial charge on any atom is 0.193 e. The minimum atomic E-state index is -0.0692. The van der Waals surface area contributed by atoms with Crippen molar-refractivity contribution in [2.45, 2.75) is 45.4 Å². The van der Waals surface area contributed by atoms with Crippen LogP contribution in [0.1, 0.15) is 67.2 Å². The highest BCUT2D eigenvalue weighted by atomic mass is 16.1. The third-order valence-electron chi connectivity index (χ3n) is 8.78. The average Bonchev–Trinajstić information content (AvgIpc) is 3.40. The van der Waals surface area contributed by atoms with E-state index in [0.29, 0.717) is 5.56 Å². The number of fused-ring (bicyclic) bond motifs is 6. The Kier molecular flexibility index (Phi) is 5.25. The summed E-state index contributed by atoms with van der Waals surface area (Å²) in [5.74, 6) is 0.0477. The molecule has 7 rings (SSSR count). The minimum Gasteiger partial charge on any atom is -0.309 e. The summed E-state index contributed by atoms with van der Waals surface area (Å²) >= 11 is 0. The highest BCUT2D eigenvalue weighted by molar-refractivity contribution is 6.12. The van der Waals surface area contributed by atoms with Gasteiger partial charge in [0, 0.05) is 33.0 Å². The van der Waals surface area contributed by atoms with Crippen LogP contribution < -0.4 is 0 Å². The molecule has 1 aromatic heterocycles. The zero-order valence-corrected chi connectivity index (χ0v) is 23.7. The van der Waals surface area contributed by atoms with Crippen LogP contribution in [0.3, 0.4) is 0 Å². The van der Waals surface area contributed by atoms with E-state index in [2.05, 4.69) is 124 Å². The maximum absolute atomic E-state index is 13.3. The van der Waals surface area contributed by atoms with E-state index in [1.165, 1.54) is 49.6 Å². The van der Waals surface area contributed by atoms with Crippen molar-refractivity contribution in [1.82, 2.24) is 4.57 Å². The van der Waals surface area contributed by atoms with Gasteiger partial charge in [0.15, 0.2) is 5.78 Å². The summed E-state index contributed by atoms with van der Waals surface area (Å²) in [5.41, 5.74) is 11.4. The zero-order valence-electron chi connectivity index (χ0n) is 23.7. The first-order valence-corrected chi connectivity index (χ1v) is 14.1. The van der Waals surface area contributed by atoms with Gasteiger partial charge in [-0.25, -0.2) is 0 Å². The number of nitrogens with zero attached hydrogens (tertiary/aromatic N) is 1. The van der Waals surface area contributed by atoms with Gasteiger partial charge in [-0.15, -0.1) is 0 Å². The van der Waals surface area contributed by atoms with Gasteiger partial charge >= 0.3 is 0 Å². The van der Waals surface area contributed by atoms with Crippen LogP contribution >= 0.6 is 0 Å². The summed E-state index contributed by atoms with van der Waals surface area (Å²) in [4.78, 5) is 13.3. The van der Waals surface area contributed by atoms with Crippen molar-refractivity contribution in [2.75, 3.05) is 0 Å². The van der Waals surface area contributed by atoms with Crippen molar-refractivity contribution in [3.8, 4) is 16.8 Å². The van der Waals surface area contributed by atoms with E-state index in [1.807, 2.05) is 24.3 Å². The van der Waals surface area contributed by atoms with Gasteiger partial charge in [0.25, 0.3) is 0 Å². The fourth-order valence-corrected chi connectivity index (χ4v) is 6.49. The van der Waals surface area contributed by atoms with Crippen LogP contribution in [0.5, 0.6) is 0 Å². The predicted octanol–water partition coefficient (Wildman–Crippen LogP) is 9.62. The summed E-state index contributed by atoms with van der Waals surface area (Å²) in [7, 11) is 0.